The third-order valence-corrected chi connectivity index (χ3v) is 4.36. The number of hydrogen-bond acceptors (Lipinski definition) is 5. The molecule has 24 heavy (non-hydrogen) atoms. The fraction of sp³-hybridized carbons (Fsp3) is 0.368. The van der Waals surface area contributed by atoms with Crippen LogP contribution in [0.1, 0.15) is 19.8 Å². The van der Waals surface area contributed by atoms with Gasteiger partial charge in [0.05, 0.1) is 18.2 Å². The first-order valence-electron chi connectivity index (χ1n) is 8.42. The van der Waals surface area contributed by atoms with E-state index in [0.717, 1.165) is 48.7 Å². The zero-order valence-electron chi connectivity index (χ0n) is 13.9. The molecule has 0 unspecified atom stereocenters. The second kappa shape index (κ2) is 7.34. The third-order valence-electron chi connectivity index (χ3n) is 4.36. The molecule has 3 rings (SSSR count). The second-order valence-corrected chi connectivity index (χ2v) is 6.02. The molecule has 2 N–H and O–H groups in total. The van der Waals surface area contributed by atoms with Crippen LogP contribution in [0.25, 0.3) is 11.3 Å². The summed E-state index contributed by atoms with van der Waals surface area (Å²) < 4.78 is 5.13. The summed E-state index contributed by atoms with van der Waals surface area (Å²) in [5, 5.41) is 0. The molecular weight excluding hydrogens is 302 g/mol. The number of nitrogen functional groups attached to an aromatic ring is 1. The molecule has 1 saturated heterocycles. The van der Waals surface area contributed by atoms with Crippen LogP contribution >= 0.6 is 0 Å². The number of piperidine rings is 1. The molecule has 1 aliphatic rings. The Morgan fingerprint density at radius 1 is 1.25 bits per heavy atom. The van der Waals surface area contributed by atoms with Crippen molar-refractivity contribution in [2.75, 3.05) is 30.3 Å². The van der Waals surface area contributed by atoms with Gasteiger partial charge in [-0.2, -0.15) is 0 Å². The maximum absolute atomic E-state index is 11.8. The highest BCUT2D eigenvalue weighted by molar-refractivity contribution is 5.73. The third kappa shape index (κ3) is 3.67. The molecule has 2 aromatic rings. The minimum atomic E-state index is -0.0707. The number of carbonyl (C=O) groups excluding carboxylic acids is 1. The van der Waals surface area contributed by atoms with E-state index in [0.29, 0.717) is 6.61 Å². The summed E-state index contributed by atoms with van der Waals surface area (Å²) in [5.41, 5.74) is 8.52. The van der Waals surface area contributed by atoms with Gasteiger partial charge in [0, 0.05) is 24.3 Å². The van der Waals surface area contributed by atoms with Crippen molar-refractivity contribution in [3.8, 4) is 11.3 Å². The smallest absolute Gasteiger partial charge is 0.309 e. The summed E-state index contributed by atoms with van der Waals surface area (Å²) in [4.78, 5) is 18.8. The van der Waals surface area contributed by atoms with E-state index in [-0.39, 0.29) is 11.9 Å². The SMILES string of the molecule is CCOC(=O)C1CCN(c2cccc(-c3cccc(N)c3)n2)CC1. The Bertz CT molecular complexity index is 709. The first-order chi connectivity index (χ1) is 11.7. The van der Waals surface area contributed by atoms with E-state index in [1.54, 1.807) is 0 Å². The van der Waals surface area contributed by atoms with Crippen molar-refractivity contribution in [3.63, 3.8) is 0 Å². The Balaban J connectivity index is 1.70. The first-order valence-corrected chi connectivity index (χ1v) is 8.42. The number of esters is 1. The predicted octanol–water partition coefficient (Wildman–Crippen LogP) is 3.11. The Labute approximate surface area is 142 Å². The molecular formula is C19H23N3O2. The monoisotopic (exact) mass is 325 g/mol. The van der Waals surface area contributed by atoms with Crippen LogP contribution in [0.5, 0.6) is 0 Å². The van der Waals surface area contributed by atoms with E-state index in [9.17, 15) is 4.79 Å². The Morgan fingerprint density at radius 3 is 2.71 bits per heavy atom. The zero-order valence-corrected chi connectivity index (χ0v) is 13.9. The number of rotatable bonds is 4. The van der Waals surface area contributed by atoms with Crippen LogP contribution < -0.4 is 10.6 Å². The zero-order chi connectivity index (χ0) is 16.9. The minimum Gasteiger partial charge on any atom is -0.466 e. The van der Waals surface area contributed by atoms with Gasteiger partial charge in [0.2, 0.25) is 0 Å². The summed E-state index contributed by atoms with van der Waals surface area (Å²) >= 11 is 0. The van der Waals surface area contributed by atoms with Gasteiger partial charge in [-0.3, -0.25) is 4.79 Å². The van der Waals surface area contributed by atoms with Gasteiger partial charge in [0.15, 0.2) is 0 Å². The molecule has 1 aromatic heterocycles. The van der Waals surface area contributed by atoms with E-state index < -0.39 is 0 Å². The van der Waals surface area contributed by atoms with Crippen molar-refractivity contribution >= 4 is 17.5 Å². The molecule has 0 aliphatic carbocycles. The summed E-state index contributed by atoms with van der Waals surface area (Å²) in [7, 11) is 0. The number of pyridine rings is 1. The molecule has 0 bridgehead atoms. The number of anilines is 2. The van der Waals surface area contributed by atoms with Crippen molar-refractivity contribution < 1.29 is 9.53 Å². The Morgan fingerprint density at radius 2 is 2.00 bits per heavy atom. The molecule has 0 amide bonds. The fourth-order valence-electron chi connectivity index (χ4n) is 3.06. The molecule has 5 heteroatoms. The summed E-state index contributed by atoms with van der Waals surface area (Å²) in [6, 6.07) is 13.8. The maximum atomic E-state index is 11.8. The Kier molecular flexibility index (Phi) is 4.99. The number of nitrogens with two attached hydrogens (primary N) is 1. The lowest BCUT2D eigenvalue weighted by molar-refractivity contribution is -0.148. The number of ether oxygens (including phenoxy) is 1. The van der Waals surface area contributed by atoms with Gasteiger partial charge in [-0.1, -0.05) is 18.2 Å². The second-order valence-electron chi connectivity index (χ2n) is 6.02. The number of hydrogen-bond donors (Lipinski definition) is 1. The molecule has 0 atom stereocenters. The van der Waals surface area contributed by atoms with Gasteiger partial charge in [0.25, 0.3) is 0 Å². The molecule has 0 radical (unpaired) electrons. The normalized spacial score (nSPS) is 15.3. The number of nitrogens with zero attached hydrogens (tertiary/aromatic N) is 2. The molecule has 5 nitrogen and oxygen atoms in total. The lowest BCUT2D eigenvalue weighted by Gasteiger charge is -2.31. The first kappa shape index (κ1) is 16.3. The van der Waals surface area contributed by atoms with Crippen molar-refractivity contribution in [3.05, 3.63) is 42.5 Å². The van der Waals surface area contributed by atoms with Crippen LogP contribution in [0, 0.1) is 5.92 Å². The van der Waals surface area contributed by atoms with Gasteiger partial charge in [-0.25, -0.2) is 4.98 Å². The number of benzene rings is 1. The van der Waals surface area contributed by atoms with Gasteiger partial charge in [0.1, 0.15) is 5.82 Å². The van der Waals surface area contributed by atoms with Crippen LogP contribution in [0.3, 0.4) is 0 Å². The summed E-state index contributed by atoms with van der Waals surface area (Å²) in [6.45, 7) is 3.93. The van der Waals surface area contributed by atoms with E-state index in [2.05, 4.69) is 4.90 Å². The largest absolute Gasteiger partial charge is 0.466 e. The Hall–Kier alpha value is -2.56. The average molecular weight is 325 g/mol. The van der Waals surface area contributed by atoms with Crippen LogP contribution in [0.15, 0.2) is 42.5 Å². The summed E-state index contributed by atoms with van der Waals surface area (Å²) in [5.74, 6) is 0.883. The van der Waals surface area contributed by atoms with Crippen LogP contribution in [0.2, 0.25) is 0 Å². The van der Waals surface area contributed by atoms with Crippen LogP contribution in [-0.2, 0) is 9.53 Å². The topological polar surface area (TPSA) is 68.5 Å². The lowest BCUT2D eigenvalue weighted by Crippen LogP contribution is -2.37. The summed E-state index contributed by atoms with van der Waals surface area (Å²) in [6.07, 6.45) is 1.62. The lowest BCUT2D eigenvalue weighted by atomic mass is 9.97. The highest BCUT2D eigenvalue weighted by atomic mass is 16.5. The quantitative estimate of drug-likeness (QED) is 0.691. The average Bonchev–Trinajstić information content (AvgIpc) is 2.62. The maximum Gasteiger partial charge on any atom is 0.309 e. The molecule has 0 spiro atoms. The van der Waals surface area contributed by atoms with E-state index in [1.165, 1.54) is 0 Å². The molecule has 126 valence electrons. The van der Waals surface area contributed by atoms with Gasteiger partial charge >= 0.3 is 5.97 Å². The molecule has 1 aliphatic heterocycles. The van der Waals surface area contributed by atoms with Crippen LogP contribution in [-0.4, -0.2) is 30.6 Å². The number of aromatic nitrogens is 1. The highest BCUT2D eigenvalue weighted by Crippen LogP contribution is 2.26. The van der Waals surface area contributed by atoms with Crippen molar-refractivity contribution in [1.29, 1.82) is 0 Å². The molecule has 1 aromatic carbocycles. The fourth-order valence-corrected chi connectivity index (χ4v) is 3.06. The van der Waals surface area contributed by atoms with E-state index in [1.807, 2.05) is 49.4 Å². The van der Waals surface area contributed by atoms with Gasteiger partial charge in [-0.15, -0.1) is 0 Å². The molecule has 0 saturated carbocycles. The van der Waals surface area contributed by atoms with E-state index >= 15 is 0 Å². The standard InChI is InChI=1S/C19H23N3O2/c1-2-24-19(23)14-9-11-22(12-10-14)18-8-4-7-17(21-18)15-5-3-6-16(20)13-15/h3-8,13-14H,2,9-12,20H2,1H3. The number of carbonyl (C=O) groups is 1. The highest BCUT2D eigenvalue weighted by Gasteiger charge is 2.26. The molecule has 2 heterocycles. The minimum absolute atomic E-state index is 0.0123. The van der Waals surface area contributed by atoms with Crippen molar-refractivity contribution in [2.24, 2.45) is 5.92 Å². The van der Waals surface area contributed by atoms with Gasteiger partial charge < -0.3 is 15.4 Å². The van der Waals surface area contributed by atoms with Crippen molar-refractivity contribution in [1.82, 2.24) is 4.98 Å². The molecule has 1 fully saturated rings. The van der Waals surface area contributed by atoms with Crippen LogP contribution in [0.4, 0.5) is 11.5 Å². The predicted molar refractivity (Wildman–Crippen MR) is 95.7 cm³/mol. The van der Waals surface area contributed by atoms with Crippen molar-refractivity contribution in [2.45, 2.75) is 19.8 Å². The van der Waals surface area contributed by atoms with E-state index in [4.69, 9.17) is 15.5 Å². The van der Waals surface area contributed by atoms with Gasteiger partial charge in [-0.05, 0) is 44.0 Å².